The number of phenols is 1. The minimum absolute atomic E-state index is 0.0368. The first-order chi connectivity index (χ1) is 19.4. The number of amides is 1. The maximum Gasteiger partial charge on any atom is 0.220 e. The first kappa shape index (κ1) is 26.0. The van der Waals surface area contributed by atoms with Crippen LogP contribution in [0.25, 0.3) is 0 Å². The molecule has 2 N–H and O–H groups in total. The molecule has 2 heterocycles. The van der Waals surface area contributed by atoms with Gasteiger partial charge in [0.25, 0.3) is 0 Å². The second-order valence-corrected chi connectivity index (χ2v) is 12.9. The highest BCUT2D eigenvalue weighted by Gasteiger charge is 2.66. The van der Waals surface area contributed by atoms with Crippen LogP contribution in [-0.2, 0) is 21.4 Å². The van der Waals surface area contributed by atoms with E-state index in [1.54, 1.807) is 0 Å². The van der Waals surface area contributed by atoms with Crippen molar-refractivity contribution in [2.75, 3.05) is 26.8 Å². The minimum atomic E-state index is -0.255. The molecule has 40 heavy (non-hydrogen) atoms. The standard InChI is InChI=1S/C33H40N2O5/c1-19(21-6-4-3-5-7-21)14-28(37)34-25-11-10-24-26-16-22-15-23(27(36)18-39-2)30(38)31-29(22)33(24,32(25)40-31)12-13-35(26)17-20-8-9-20/h3-7,15,19-20,24-26,32,38H,8-14,16-18H2,1-2H3,(H,34,37)/t19?,24-,25?,26+,32?,33-/m0/s1. The lowest BCUT2D eigenvalue weighted by Crippen LogP contribution is -2.69. The predicted octanol–water partition coefficient (Wildman–Crippen LogP) is 4.35. The van der Waals surface area contributed by atoms with Crippen LogP contribution >= 0.6 is 0 Å². The number of hydrogen-bond acceptors (Lipinski definition) is 6. The Morgan fingerprint density at radius 2 is 2.00 bits per heavy atom. The summed E-state index contributed by atoms with van der Waals surface area (Å²) in [6.45, 7) is 4.17. The van der Waals surface area contributed by atoms with E-state index in [2.05, 4.69) is 29.3 Å². The summed E-state index contributed by atoms with van der Waals surface area (Å²) < 4.78 is 11.9. The van der Waals surface area contributed by atoms with Crippen molar-refractivity contribution in [1.82, 2.24) is 10.2 Å². The third-order valence-electron chi connectivity index (χ3n) is 10.5. The van der Waals surface area contributed by atoms with Gasteiger partial charge in [0.05, 0.1) is 11.6 Å². The predicted molar refractivity (Wildman–Crippen MR) is 151 cm³/mol. The second-order valence-electron chi connectivity index (χ2n) is 12.9. The van der Waals surface area contributed by atoms with Crippen LogP contribution in [0.2, 0.25) is 0 Å². The molecular weight excluding hydrogens is 504 g/mol. The summed E-state index contributed by atoms with van der Waals surface area (Å²) in [6, 6.07) is 12.3. The highest BCUT2D eigenvalue weighted by molar-refractivity contribution is 6.01. The molecule has 7 rings (SSSR count). The van der Waals surface area contributed by atoms with Gasteiger partial charge in [0.2, 0.25) is 5.91 Å². The van der Waals surface area contributed by atoms with Crippen molar-refractivity contribution in [3.05, 3.63) is 58.7 Å². The monoisotopic (exact) mass is 544 g/mol. The van der Waals surface area contributed by atoms with E-state index in [0.29, 0.717) is 24.1 Å². The van der Waals surface area contributed by atoms with Crippen molar-refractivity contribution in [3.63, 3.8) is 0 Å². The molecule has 2 aromatic rings. The Balaban J connectivity index is 1.22. The van der Waals surface area contributed by atoms with E-state index in [4.69, 9.17) is 9.47 Å². The van der Waals surface area contributed by atoms with E-state index in [1.807, 2.05) is 24.3 Å². The third kappa shape index (κ3) is 4.07. The van der Waals surface area contributed by atoms with Crippen molar-refractivity contribution in [1.29, 1.82) is 0 Å². The fraction of sp³-hybridized carbons (Fsp3) is 0.576. The lowest BCUT2D eigenvalue weighted by Gasteiger charge is -2.59. The topological polar surface area (TPSA) is 88.1 Å². The van der Waals surface area contributed by atoms with Gasteiger partial charge in [-0.15, -0.1) is 0 Å². The van der Waals surface area contributed by atoms with Crippen molar-refractivity contribution in [2.45, 2.75) is 81.4 Å². The molecule has 1 saturated heterocycles. The van der Waals surface area contributed by atoms with Crippen molar-refractivity contribution < 1.29 is 24.2 Å². The van der Waals surface area contributed by atoms with Gasteiger partial charge >= 0.3 is 0 Å². The lowest BCUT2D eigenvalue weighted by atomic mass is 9.51. The minimum Gasteiger partial charge on any atom is -0.504 e. The number of hydrogen-bond donors (Lipinski definition) is 2. The van der Waals surface area contributed by atoms with E-state index in [9.17, 15) is 14.7 Å². The Morgan fingerprint density at radius 3 is 2.75 bits per heavy atom. The fourth-order valence-electron chi connectivity index (χ4n) is 8.57. The summed E-state index contributed by atoms with van der Waals surface area (Å²) in [6.07, 6.45) is 6.51. The van der Waals surface area contributed by atoms with Gasteiger partial charge in [-0.2, -0.15) is 0 Å². The summed E-state index contributed by atoms with van der Waals surface area (Å²) >= 11 is 0. The van der Waals surface area contributed by atoms with Crippen LogP contribution in [0.3, 0.4) is 0 Å². The Kier molecular flexibility index (Phi) is 6.43. The second kappa shape index (κ2) is 9.88. The summed E-state index contributed by atoms with van der Waals surface area (Å²) in [5.41, 5.74) is 3.42. The van der Waals surface area contributed by atoms with Crippen LogP contribution in [0.5, 0.6) is 11.5 Å². The van der Waals surface area contributed by atoms with Gasteiger partial charge in [-0.1, -0.05) is 37.3 Å². The number of aromatic hydroxyl groups is 1. The van der Waals surface area contributed by atoms with E-state index in [0.717, 1.165) is 61.4 Å². The summed E-state index contributed by atoms with van der Waals surface area (Å²) in [5, 5.41) is 14.7. The number of Topliss-reactive ketones (excluding diaryl/α,β-unsaturated/α-hetero) is 1. The fourth-order valence-corrected chi connectivity index (χ4v) is 8.57. The molecule has 0 aromatic heterocycles. The number of nitrogens with one attached hydrogen (secondary N) is 1. The quantitative estimate of drug-likeness (QED) is 0.457. The van der Waals surface area contributed by atoms with Gasteiger partial charge < -0.3 is 19.9 Å². The maximum absolute atomic E-state index is 13.4. The molecule has 0 radical (unpaired) electrons. The molecule has 1 amide bonds. The molecule has 2 aromatic carbocycles. The largest absolute Gasteiger partial charge is 0.504 e. The molecule has 7 nitrogen and oxygen atoms in total. The number of benzene rings is 2. The van der Waals surface area contributed by atoms with Gasteiger partial charge in [0.15, 0.2) is 17.3 Å². The lowest BCUT2D eigenvalue weighted by molar-refractivity contribution is -0.125. The van der Waals surface area contributed by atoms with Crippen molar-refractivity contribution in [3.8, 4) is 11.5 Å². The number of methoxy groups -OCH3 is 1. The zero-order chi connectivity index (χ0) is 27.6. The third-order valence-corrected chi connectivity index (χ3v) is 10.5. The van der Waals surface area contributed by atoms with Gasteiger partial charge in [-0.05, 0) is 80.0 Å². The molecule has 2 saturated carbocycles. The number of carbonyl (C=O) groups is 2. The SMILES string of the molecule is COCC(=O)c1cc2c3c(c1O)OC1C(NC(=O)CC(C)c4ccccc4)CC[C@H]4[C@@H](C2)N(CC2CC2)CC[C@]314. The average molecular weight is 545 g/mol. The first-order valence-corrected chi connectivity index (χ1v) is 15.1. The molecular formula is C33H40N2O5. The number of nitrogens with zero attached hydrogens (tertiary/aromatic N) is 1. The van der Waals surface area contributed by atoms with E-state index in [-0.39, 0.29) is 53.1 Å². The number of ketones is 1. The van der Waals surface area contributed by atoms with E-state index >= 15 is 0 Å². The molecule has 2 bridgehead atoms. The van der Waals surface area contributed by atoms with Crippen LogP contribution < -0.4 is 10.1 Å². The maximum atomic E-state index is 13.4. The highest BCUT2D eigenvalue weighted by Crippen LogP contribution is 2.64. The van der Waals surface area contributed by atoms with Gasteiger partial charge in [0, 0.05) is 37.1 Å². The molecule has 3 unspecified atom stereocenters. The van der Waals surface area contributed by atoms with Crippen molar-refractivity contribution >= 4 is 11.7 Å². The summed E-state index contributed by atoms with van der Waals surface area (Å²) in [7, 11) is 1.49. The molecule has 6 atom stereocenters. The molecule has 212 valence electrons. The number of piperidine rings is 1. The van der Waals surface area contributed by atoms with Crippen molar-refractivity contribution in [2.24, 2.45) is 11.8 Å². The smallest absolute Gasteiger partial charge is 0.220 e. The van der Waals surface area contributed by atoms with E-state index in [1.165, 1.54) is 20.0 Å². The normalized spacial score (nSPS) is 30.8. The molecule has 2 aliphatic heterocycles. The molecule has 1 spiro atoms. The molecule has 5 aliphatic rings. The van der Waals surface area contributed by atoms with Crippen LogP contribution in [0, 0.1) is 11.8 Å². The Morgan fingerprint density at radius 1 is 1.20 bits per heavy atom. The Labute approximate surface area is 236 Å². The zero-order valence-corrected chi connectivity index (χ0v) is 23.5. The van der Waals surface area contributed by atoms with E-state index < -0.39 is 0 Å². The number of phenolic OH excluding ortho intramolecular Hbond substituents is 1. The van der Waals surface area contributed by atoms with Crippen LogP contribution in [0.4, 0.5) is 0 Å². The highest BCUT2D eigenvalue weighted by atomic mass is 16.5. The number of rotatable bonds is 9. The average Bonchev–Trinajstić information content (AvgIpc) is 3.70. The van der Waals surface area contributed by atoms with Crippen LogP contribution in [0.1, 0.15) is 78.4 Å². The molecule has 3 aliphatic carbocycles. The molecule has 3 fully saturated rings. The summed E-state index contributed by atoms with van der Waals surface area (Å²) in [4.78, 5) is 29.0. The first-order valence-electron chi connectivity index (χ1n) is 15.1. The van der Waals surface area contributed by atoms with Gasteiger partial charge in [-0.25, -0.2) is 0 Å². The zero-order valence-electron chi connectivity index (χ0n) is 23.5. The number of ether oxygens (including phenoxy) is 2. The Hall–Kier alpha value is -2.90. The Bertz CT molecular complexity index is 1320. The molecule has 7 heteroatoms. The van der Waals surface area contributed by atoms with Crippen LogP contribution in [-0.4, -0.2) is 66.7 Å². The number of carbonyl (C=O) groups excluding carboxylic acids is 2. The van der Waals surface area contributed by atoms with Crippen LogP contribution in [0.15, 0.2) is 36.4 Å². The summed E-state index contributed by atoms with van der Waals surface area (Å²) in [5.74, 6) is 1.54. The van der Waals surface area contributed by atoms with Gasteiger partial charge in [0.1, 0.15) is 12.7 Å². The van der Waals surface area contributed by atoms with Gasteiger partial charge in [-0.3, -0.25) is 14.5 Å². The number of likely N-dealkylation sites (tertiary alicyclic amines) is 1.